The molecule has 80 valence electrons. The largest absolute Gasteiger partial charge is 0.282 e. The zero-order valence-corrected chi connectivity index (χ0v) is 8.35. The Labute approximate surface area is 85.2 Å². The molecule has 2 aromatic heterocycles. The number of primary sulfonamides is 1. The highest BCUT2D eigenvalue weighted by Crippen LogP contribution is 1.99. The first-order valence-corrected chi connectivity index (χ1v) is 5.52. The van der Waals surface area contributed by atoms with E-state index in [0.29, 0.717) is 12.4 Å². The molecule has 3 N–H and O–H groups in total. The van der Waals surface area contributed by atoms with Gasteiger partial charge in [-0.1, -0.05) is 0 Å². The van der Waals surface area contributed by atoms with Gasteiger partial charge in [-0.15, -0.1) is 5.10 Å². The van der Waals surface area contributed by atoms with Crippen LogP contribution in [0.15, 0.2) is 23.6 Å². The summed E-state index contributed by atoms with van der Waals surface area (Å²) in [5.41, 5.74) is 0. The van der Waals surface area contributed by atoms with E-state index in [1.54, 1.807) is 23.1 Å². The lowest BCUT2D eigenvalue weighted by molar-refractivity contribution is 0.589. The van der Waals surface area contributed by atoms with Crippen LogP contribution in [0.25, 0.3) is 0 Å². The van der Waals surface area contributed by atoms with Crippen molar-refractivity contribution >= 4 is 10.0 Å². The van der Waals surface area contributed by atoms with Crippen LogP contribution in [0, 0.1) is 0 Å². The molecule has 0 saturated heterocycles. The summed E-state index contributed by atoms with van der Waals surface area (Å²) in [5.74, 6) is 0.378. The number of sulfonamides is 1. The molecule has 0 amide bonds. The second kappa shape index (κ2) is 3.44. The molecular formula is C6H8N6O2S. The Morgan fingerprint density at radius 1 is 1.53 bits per heavy atom. The summed E-state index contributed by atoms with van der Waals surface area (Å²) >= 11 is 0. The lowest BCUT2D eigenvalue weighted by Crippen LogP contribution is -2.14. The van der Waals surface area contributed by atoms with Gasteiger partial charge in [0.05, 0.1) is 0 Å². The van der Waals surface area contributed by atoms with Crippen molar-refractivity contribution in [1.29, 1.82) is 0 Å². The summed E-state index contributed by atoms with van der Waals surface area (Å²) < 4.78 is 23.3. The lowest BCUT2D eigenvalue weighted by atomic mass is 10.6. The van der Waals surface area contributed by atoms with Crippen LogP contribution in [0.5, 0.6) is 0 Å². The molecule has 2 rings (SSSR count). The maximum absolute atomic E-state index is 10.9. The fourth-order valence-electron chi connectivity index (χ4n) is 1.02. The molecule has 0 aliphatic rings. The molecule has 0 unspecified atom stereocenters. The number of rotatable bonds is 3. The Morgan fingerprint density at radius 3 is 2.87 bits per heavy atom. The Balaban J connectivity index is 2.22. The molecule has 0 saturated carbocycles. The van der Waals surface area contributed by atoms with Crippen molar-refractivity contribution < 1.29 is 8.42 Å². The molecule has 0 spiro atoms. The van der Waals surface area contributed by atoms with Gasteiger partial charge in [0.2, 0.25) is 0 Å². The maximum Gasteiger partial charge on any atom is 0.282 e. The van der Waals surface area contributed by atoms with E-state index >= 15 is 0 Å². The van der Waals surface area contributed by atoms with Crippen molar-refractivity contribution in [2.24, 2.45) is 5.14 Å². The van der Waals surface area contributed by atoms with Crippen LogP contribution >= 0.6 is 0 Å². The average Bonchev–Trinajstić information content (AvgIpc) is 2.73. The molecule has 0 fully saturated rings. The first-order chi connectivity index (χ1) is 7.05. The van der Waals surface area contributed by atoms with Crippen molar-refractivity contribution in [3.63, 3.8) is 0 Å². The van der Waals surface area contributed by atoms with Gasteiger partial charge in [0.25, 0.3) is 15.2 Å². The fraction of sp³-hybridized carbons (Fsp3) is 0.167. The molecule has 0 aromatic carbocycles. The number of aromatic amines is 1. The molecule has 0 radical (unpaired) electrons. The second-order valence-corrected chi connectivity index (χ2v) is 4.27. The summed E-state index contributed by atoms with van der Waals surface area (Å²) in [7, 11) is -3.84. The minimum atomic E-state index is -3.84. The van der Waals surface area contributed by atoms with Crippen LogP contribution in [0.1, 0.15) is 5.82 Å². The van der Waals surface area contributed by atoms with Crippen molar-refractivity contribution in [2.45, 2.75) is 11.7 Å². The van der Waals surface area contributed by atoms with Crippen molar-refractivity contribution in [1.82, 2.24) is 25.0 Å². The zero-order valence-electron chi connectivity index (χ0n) is 7.53. The zero-order chi connectivity index (χ0) is 10.9. The van der Waals surface area contributed by atoms with Gasteiger partial charge in [0.15, 0.2) is 0 Å². The number of hydrogen-bond donors (Lipinski definition) is 2. The van der Waals surface area contributed by atoms with Crippen molar-refractivity contribution in [3.8, 4) is 0 Å². The van der Waals surface area contributed by atoms with Gasteiger partial charge >= 0.3 is 0 Å². The topological polar surface area (TPSA) is 120 Å². The Hall–Kier alpha value is -1.74. The van der Waals surface area contributed by atoms with E-state index in [1.165, 1.54) is 0 Å². The smallest absolute Gasteiger partial charge is 0.265 e. The highest BCUT2D eigenvalue weighted by Gasteiger charge is 2.14. The summed E-state index contributed by atoms with van der Waals surface area (Å²) in [6, 6.07) is 1.75. The van der Waals surface area contributed by atoms with Gasteiger partial charge in [-0.25, -0.2) is 13.6 Å². The van der Waals surface area contributed by atoms with Crippen molar-refractivity contribution in [3.05, 3.63) is 24.3 Å². The van der Waals surface area contributed by atoms with Gasteiger partial charge in [0, 0.05) is 12.4 Å². The quantitative estimate of drug-likeness (QED) is 0.676. The Kier molecular flexibility index (Phi) is 2.25. The average molecular weight is 228 g/mol. The van der Waals surface area contributed by atoms with Gasteiger partial charge in [-0.2, -0.15) is 10.1 Å². The molecule has 8 nitrogen and oxygen atoms in total. The molecule has 15 heavy (non-hydrogen) atoms. The van der Waals surface area contributed by atoms with E-state index < -0.39 is 15.2 Å². The summed E-state index contributed by atoms with van der Waals surface area (Å²) in [6.07, 6.45) is 3.33. The SMILES string of the molecule is NS(=O)(=O)c1n[nH]c(Cn2cccn2)n1. The Morgan fingerprint density at radius 2 is 2.33 bits per heavy atom. The first-order valence-electron chi connectivity index (χ1n) is 3.97. The van der Waals surface area contributed by atoms with E-state index in [0.717, 1.165) is 0 Å². The number of nitrogens with two attached hydrogens (primary N) is 1. The number of hydrogen-bond acceptors (Lipinski definition) is 5. The predicted molar refractivity (Wildman–Crippen MR) is 49.1 cm³/mol. The van der Waals surface area contributed by atoms with Gasteiger partial charge in [-0.05, 0) is 6.07 Å². The first kappa shape index (κ1) is 9.80. The van der Waals surface area contributed by atoms with Gasteiger partial charge in [0.1, 0.15) is 12.4 Å². The maximum atomic E-state index is 10.9. The molecule has 0 atom stereocenters. The highest BCUT2D eigenvalue weighted by molar-refractivity contribution is 7.89. The van der Waals surface area contributed by atoms with E-state index in [1.807, 2.05) is 0 Å². The molecule has 0 aliphatic carbocycles. The molecule has 2 aromatic rings. The van der Waals surface area contributed by atoms with Crippen LogP contribution in [-0.2, 0) is 16.6 Å². The predicted octanol–water partition coefficient (Wildman–Crippen LogP) is -1.30. The van der Waals surface area contributed by atoms with E-state index in [-0.39, 0.29) is 0 Å². The van der Waals surface area contributed by atoms with Crippen LogP contribution in [-0.4, -0.2) is 33.4 Å². The molecule has 0 bridgehead atoms. The fourth-order valence-corrected chi connectivity index (χ4v) is 1.43. The monoisotopic (exact) mass is 228 g/mol. The van der Waals surface area contributed by atoms with Crippen LogP contribution in [0.2, 0.25) is 0 Å². The molecule has 2 heterocycles. The third-order valence-electron chi connectivity index (χ3n) is 1.64. The van der Waals surface area contributed by atoms with Gasteiger partial charge < -0.3 is 0 Å². The van der Waals surface area contributed by atoms with Crippen LogP contribution in [0.3, 0.4) is 0 Å². The molecule has 0 aliphatic heterocycles. The minimum Gasteiger partial charge on any atom is -0.265 e. The number of nitrogens with zero attached hydrogens (tertiary/aromatic N) is 4. The van der Waals surface area contributed by atoms with Crippen LogP contribution < -0.4 is 5.14 Å². The lowest BCUT2D eigenvalue weighted by Gasteiger charge is -1.94. The molecule has 9 heteroatoms. The minimum absolute atomic E-state index is 0.315. The van der Waals surface area contributed by atoms with Crippen LogP contribution in [0.4, 0.5) is 0 Å². The summed E-state index contributed by atoms with van der Waals surface area (Å²) in [4.78, 5) is 3.72. The number of H-pyrrole nitrogens is 1. The van der Waals surface area contributed by atoms with E-state index in [4.69, 9.17) is 5.14 Å². The van der Waals surface area contributed by atoms with Crippen molar-refractivity contribution in [2.75, 3.05) is 0 Å². The Bertz CT molecular complexity index is 542. The van der Waals surface area contributed by atoms with Gasteiger partial charge in [-0.3, -0.25) is 9.78 Å². The normalized spacial score (nSPS) is 11.8. The molecular weight excluding hydrogens is 220 g/mol. The standard InChI is InChI=1S/C6H8N6O2S/c7-15(13,14)6-9-5(10-11-6)4-12-3-1-2-8-12/h1-3H,4H2,(H2,7,13,14)(H,9,10,11). The summed E-state index contributed by atoms with van der Waals surface area (Å²) in [6.45, 7) is 0.315. The number of nitrogens with one attached hydrogen (secondary N) is 1. The summed E-state index contributed by atoms with van der Waals surface area (Å²) in [5, 5.41) is 14.3. The second-order valence-electron chi connectivity index (χ2n) is 2.81. The third-order valence-corrected chi connectivity index (χ3v) is 2.33. The van der Waals surface area contributed by atoms with E-state index in [9.17, 15) is 8.42 Å². The highest BCUT2D eigenvalue weighted by atomic mass is 32.2. The third kappa shape index (κ3) is 2.19. The van der Waals surface area contributed by atoms with E-state index in [2.05, 4.69) is 20.3 Å². The number of aromatic nitrogens is 5.